The van der Waals surface area contributed by atoms with Crippen LogP contribution >= 0.6 is 0 Å². The van der Waals surface area contributed by atoms with Gasteiger partial charge in [-0.15, -0.1) is 5.10 Å². The minimum atomic E-state index is 0.111. The van der Waals surface area contributed by atoms with Crippen molar-refractivity contribution in [3.63, 3.8) is 0 Å². The molecule has 26 heavy (non-hydrogen) atoms. The van der Waals surface area contributed by atoms with E-state index >= 15 is 0 Å². The van der Waals surface area contributed by atoms with Crippen molar-refractivity contribution in [1.82, 2.24) is 19.9 Å². The van der Waals surface area contributed by atoms with E-state index < -0.39 is 0 Å². The van der Waals surface area contributed by atoms with Crippen LogP contribution in [0.25, 0.3) is 11.3 Å². The Kier molecular flexibility index (Phi) is 4.07. The molecule has 0 atom stereocenters. The first-order chi connectivity index (χ1) is 12.5. The van der Waals surface area contributed by atoms with Gasteiger partial charge in [0.2, 0.25) is 0 Å². The van der Waals surface area contributed by atoms with Gasteiger partial charge in [0.1, 0.15) is 5.69 Å². The molecule has 5 nitrogen and oxygen atoms in total. The average molecular weight is 346 g/mol. The van der Waals surface area contributed by atoms with Crippen molar-refractivity contribution in [3.8, 4) is 11.3 Å². The van der Waals surface area contributed by atoms with Crippen molar-refractivity contribution in [1.29, 1.82) is 0 Å². The first-order valence-electron chi connectivity index (χ1n) is 8.87. The second-order valence-electron chi connectivity index (χ2n) is 7.09. The molecular formula is C21H22N4O. The molecule has 0 N–H and O–H groups in total. The van der Waals surface area contributed by atoms with Crippen molar-refractivity contribution in [2.24, 2.45) is 0 Å². The molecule has 0 radical (unpaired) electrons. The quantitative estimate of drug-likeness (QED) is 0.728. The first kappa shape index (κ1) is 16.5. The van der Waals surface area contributed by atoms with Gasteiger partial charge in [-0.25, -0.2) is 4.68 Å². The van der Waals surface area contributed by atoms with Crippen LogP contribution < -0.4 is 0 Å². The Morgan fingerprint density at radius 1 is 1.04 bits per heavy atom. The Morgan fingerprint density at radius 2 is 1.69 bits per heavy atom. The summed E-state index contributed by atoms with van der Waals surface area (Å²) >= 11 is 0. The van der Waals surface area contributed by atoms with Gasteiger partial charge in [-0.05, 0) is 31.9 Å². The minimum Gasteiger partial charge on any atom is -0.334 e. The fourth-order valence-corrected chi connectivity index (χ4v) is 3.66. The van der Waals surface area contributed by atoms with Crippen molar-refractivity contribution in [2.45, 2.75) is 26.8 Å². The second kappa shape index (κ2) is 6.41. The summed E-state index contributed by atoms with van der Waals surface area (Å²) in [4.78, 5) is 14.8. The summed E-state index contributed by atoms with van der Waals surface area (Å²) in [6.45, 7) is 7.41. The summed E-state index contributed by atoms with van der Waals surface area (Å²) in [6.07, 6.45) is 1.96. The topological polar surface area (TPSA) is 51.0 Å². The molecule has 2 heterocycles. The van der Waals surface area contributed by atoms with Crippen LogP contribution in [0, 0.1) is 20.8 Å². The van der Waals surface area contributed by atoms with Gasteiger partial charge in [0, 0.05) is 24.2 Å². The number of likely N-dealkylation sites (tertiary alicyclic amines) is 1. The Labute approximate surface area is 153 Å². The van der Waals surface area contributed by atoms with E-state index in [1.165, 1.54) is 5.56 Å². The van der Waals surface area contributed by atoms with E-state index in [0.717, 1.165) is 27.9 Å². The number of aromatic nitrogens is 3. The highest BCUT2D eigenvalue weighted by atomic mass is 16.2. The smallest absolute Gasteiger partial charge is 0.254 e. The van der Waals surface area contributed by atoms with E-state index in [9.17, 15) is 4.79 Å². The Balaban J connectivity index is 1.46. The van der Waals surface area contributed by atoms with Crippen LogP contribution in [0.15, 0.2) is 48.7 Å². The van der Waals surface area contributed by atoms with Gasteiger partial charge < -0.3 is 4.90 Å². The van der Waals surface area contributed by atoms with Crippen molar-refractivity contribution >= 4 is 5.91 Å². The number of hydrogen-bond acceptors (Lipinski definition) is 3. The summed E-state index contributed by atoms with van der Waals surface area (Å²) in [7, 11) is 0. The molecule has 1 fully saturated rings. The molecule has 0 unspecified atom stereocenters. The summed E-state index contributed by atoms with van der Waals surface area (Å²) in [5.41, 5.74) is 6.02. The molecule has 3 aromatic rings. The highest BCUT2D eigenvalue weighted by Gasteiger charge is 2.34. The maximum Gasteiger partial charge on any atom is 0.254 e. The van der Waals surface area contributed by atoms with Gasteiger partial charge in [-0.1, -0.05) is 53.2 Å². The number of carbonyl (C=O) groups excluding carboxylic acids is 1. The molecule has 1 amide bonds. The third-order valence-corrected chi connectivity index (χ3v) is 4.99. The highest BCUT2D eigenvalue weighted by molar-refractivity contribution is 5.97. The highest BCUT2D eigenvalue weighted by Crippen LogP contribution is 2.27. The van der Waals surface area contributed by atoms with Crippen LogP contribution in [0.4, 0.5) is 0 Å². The third kappa shape index (κ3) is 2.90. The lowest BCUT2D eigenvalue weighted by Gasteiger charge is -2.39. The Bertz CT molecular complexity index is 932. The van der Waals surface area contributed by atoms with Crippen molar-refractivity contribution < 1.29 is 4.79 Å². The van der Waals surface area contributed by atoms with Crippen LogP contribution in [-0.2, 0) is 0 Å². The lowest BCUT2D eigenvalue weighted by atomic mass is 9.97. The van der Waals surface area contributed by atoms with Gasteiger partial charge in [0.05, 0.1) is 12.2 Å². The number of rotatable bonds is 3. The predicted octanol–water partition coefficient (Wildman–Crippen LogP) is 3.57. The third-order valence-electron chi connectivity index (χ3n) is 4.99. The number of amides is 1. The molecule has 1 aromatic heterocycles. The molecule has 0 aliphatic carbocycles. The maximum absolute atomic E-state index is 12.9. The van der Waals surface area contributed by atoms with Crippen LogP contribution in [0.2, 0.25) is 0 Å². The fraction of sp³-hybridized carbons (Fsp3) is 0.286. The molecule has 132 valence electrons. The number of nitrogens with zero attached hydrogens (tertiary/aromatic N) is 4. The van der Waals surface area contributed by atoms with Gasteiger partial charge >= 0.3 is 0 Å². The number of benzene rings is 2. The lowest BCUT2D eigenvalue weighted by molar-refractivity contribution is 0.0497. The van der Waals surface area contributed by atoms with Gasteiger partial charge in [-0.2, -0.15) is 0 Å². The standard InChI is InChI=1S/C21H22N4O/c1-14-9-15(2)20(16(3)10-14)21(26)24-11-18(12-24)25-13-19(22-23-25)17-7-5-4-6-8-17/h4-10,13,18H,11-12H2,1-3H3. The molecule has 0 spiro atoms. The maximum atomic E-state index is 12.9. The zero-order valence-electron chi connectivity index (χ0n) is 15.3. The Hall–Kier alpha value is -2.95. The Morgan fingerprint density at radius 3 is 2.35 bits per heavy atom. The van der Waals surface area contributed by atoms with Crippen molar-refractivity contribution in [2.75, 3.05) is 13.1 Å². The molecule has 1 aliphatic heterocycles. The number of hydrogen-bond donors (Lipinski definition) is 0. The van der Waals surface area contributed by atoms with Crippen LogP contribution in [-0.4, -0.2) is 38.9 Å². The molecule has 1 aliphatic rings. The van der Waals surface area contributed by atoms with E-state index in [1.807, 2.05) is 60.0 Å². The summed E-state index contributed by atoms with van der Waals surface area (Å²) in [5.74, 6) is 0.111. The minimum absolute atomic E-state index is 0.111. The molecular weight excluding hydrogens is 324 g/mol. The van der Waals surface area contributed by atoms with E-state index in [2.05, 4.69) is 29.4 Å². The number of carbonyl (C=O) groups is 1. The second-order valence-corrected chi connectivity index (χ2v) is 7.09. The van der Waals surface area contributed by atoms with Crippen LogP contribution in [0.1, 0.15) is 33.1 Å². The van der Waals surface area contributed by atoms with E-state index in [4.69, 9.17) is 0 Å². The molecule has 0 bridgehead atoms. The first-order valence-corrected chi connectivity index (χ1v) is 8.87. The predicted molar refractivity (Wildman–Crippen MR) is 101 cm³/mol. The molecule has 5 heteroatoms. The van der Waals surface area contributed by atoms with Crippen LogP contribution in [0.3, 0.4) is 0 Å². The summed E-state index contributed by atoms with van der Waals surface area (Å²) < 4.78 is 1.88. The molecule has 4 rings (SSSR count). The zero-order valence-corrected chi connectivity index (χ0v) is 15.3. The van der Waals surface area contributed by atoms with Gasteiger partial charge in [0.25, 0.3) is 5.91 Å². The van der Waals surface area contributed by atoms with Gasteiger partial charge in [0.15, 0.2) is 0 Å². The summed E-state index contributed by atoms with van der Waals surface area (Å²) in [5, 5.41) is 8.52. The fourth-order valence-electron chi connectivity index (χ4n) is 3.66. The normalized spacial score (nSPS) is 14.3. The largest absolute Gasteiger partial charge is 0.334 e. The van der Waals surface area contributed by atoms with Crippen molar-refractivity contribution in [3.05, 3.63) is 70.9 Å². The average Bonchev–Trinajstić information content (AvgIpc) is 3.03. The van der Waals surface area contributed by atoms with E-state index in [-0.39, 0.29) is 11.9 Å². The molecule has 1 saturated heterocycles. The number of aryl methyl sites for hydroxylation is 3. The van der Waals surface area contributed by atoms with Crippen LogP contribution in [0.5, 0.6) is 0 Å². The lowest BCUT2D eigenvalue weighted by Crippen LogP contribution is -2.51. The molecule has 0 saturated carbocycles. The zero-order chi connectivity index (χ0) is 18.3. The monoisotopic (exact) mass is 346 g/mol. The SMILES string of the molecule is Cc1cc(C)c(C(=O)N2CC(n3cc(-c4ccccc4)nn3)C2)c(C)c1. The summed E-state index contributed by atoms with van der Waals surface area (Å²) in [6, 6.07) is 14.3. The van der Waals surface area contributed by atoms with Gasteiger partial charge in [-0.3, -0.25) is 4.79 Å². The molecule has 2 aromatic carbocycles. The van der Waals surface area contributed by atoms with E-state index in [0.29, 0.717) is 13.1 Å². The van der Waals surface area contributed by atoms with E-state index in [1.54, 1.807) is 0 Å².